The van der Waals surface area contributed by atoms with Crippen molar-refractivity contribution in [1.82, 2.24) is 0 Å². The van der Waals surface area contributed by atoms with Crippen molar-refractivity contribution in [1.29, 1.82) is 0 Å². The van der Waals surface area contributed by atoms with E-state index >= 15 is 0 Å². The Morgan fingerprint density at radius 3 is 2.39 bits per heavy atom. The minimum absolute atomic E-state index is 0.264. The molecule has 1 aromatic carbocycles. The lowest BCUT2D eigenvalue weighted by atomic mass is 10.1. The van der Waals surface area contributed by atoms with Crippen molar-refractivity contribution in [2.24, 2.45) is 0 Å². The van der Waals surface area contributed by atoms with Gasteiger partial charge in [-0.3, -0.25) is 9.59 Å². The molecule has 5 nitrogen and oxygen atoms in total. The van der Waals surface area contributed by atoms with Crippen molar-refractivity contribution < 1.29 is 23.8 Å². The van der Waals surface area contributed by atoms with Crippen LogP contribution in [0.3, 0.4) is 0 Å². The molecule has 0 aromatic heterocycles. The lowest BCUT2D eigenvalue weighted by molar-refractivity contribution is -0.155. The van der Waals surface area contributed by atoms with Gasteiger partial charge in [-0.05, 0) is 12.1 Å². The summed E-state index contributed by atoms with van der Waals surface area (Å²) < 4.78 is 14.6. The number of ether oxygens (including phenoxy) is 3. The van der Waals surface area contributed by atoms with Crippen molar-refractivity contribution in [3.63, 3.8) is 0 Å². The number of methoxy groups -OCH3 is 3. The molecule has 0 bridgehead atoms. The lowest BCUT2D eigenvalue weighted by Crippen LogP contribution is -2.27. The predicted octanol–water partition coefficient (Wildman–Crippen LogP) is 1.46. The van der Waals surface area contributed by atoms with Crippen molar-refractivity contribution >= 4 is 11.6 Å². The fraction of sp³-hybridized carbons (Fsp3) is 0.385. The zero-order chi connectivity index (χ0) is 13.5. The summed E-state index contributed by atoms with van der Waals surface area (Å²) in [6.07, 6.45) is -1.26. The summed E-state index contributed by atoms with van der Waals surface area (Å²) in [6, 6.07) is 6.64. The Morgan fingerprint density at radius 1 is 1.17 bits per heavy atom. The normalized spacial score (nSPS) is 10.4. The van der Waals surface area contributed by atoms with Crippen LogP contribution in [0.25, 0.3) is 0 Å². The van der Waals surface area contributed by atoms with E-state index in [0.29, 0.717) is 11.3 Å². The number of ketones is 2. The zero-order valence-electron chi connectivity index (χ0n) is 10.6. The topological polar surface area (TPSA) is 61.8 Å². The molecule has 0 heterocycles. The van der Waals surface area contributed by atoms with Gasteiger partial charge in [-0.15, -0.1) is 0 Å². The van der Waals surface area contributed by atoms with Crippen LogP contribution in [-0.2, 0) is 14.3 Å². The third-order valence-electron chi connectivity index (χ3n) is 2.42. The van der Waals surface area contributed by atoms with Crippen molar-refractivity contribution in [2.45, 2.75) is 12.7 Å². The Labute approximate surface area is 106 Å². The van der Waals surface area contributed by atoms with E-state index in [1.54, 1.807) is 24.3 Å². The van der Waals surface area contributed by atoms with Gasteiger partial charge in [0.1, 0.15) is 5.75 Å². The highest BCUT2D eigenvalue weighted by Gasteiger charge is 2.21. The van der Waals surface area contributed by atoms with Gasteiger partial charge in [0, 0.05) is 19.8 Å². The van der Waals surface area contributed by atoms with Gasteiger partial charge < -0.3 is 14.2 Å². The summed E-state index contributed by atoms with van der Waals surface area (Å²) in [5.74, 6) is -0.130. The summed E-state index contributed by atoms with van der Waals surface area (Å²) in [5.41, 5.74) is 0.425. The third-order valence-corrected chi connectivity index (χ3v) is 2.42. The molecular weight excluding hydrogens is 236 g/mol. The average Bonchev–Trinajstić information content (AvgIpc) is 2.40. The van der Waals surface area contributed by atoms with E-state index in [1.807, 2.05) is 0 Å². The van der Waals surface area contributed by atoms with Crippen LogP contribution in [0.2, 0.25) is 0 Å². The van der Waals surface area contributed by atoms with Crippen LogP contribution in [0.1, 0.15) is 16.8 Å². The molecule has 0 aliphatic heterocycles. The first-order chi connectivity index (χ1) is 8.62. The molecule has 1 aromatic rings. The maximum atomic E-state index is 11.9. The Balaban J connectivity index is 2.73. The molecule has 0 fully saturated rings. The number of carbonyl (C=O) groups excluding carboxylic acids is 2. The number of hydrogen-bond acceptors (Lipinski definition) is 5. The Hall–Kier alpha value is -1.72. The summed E-state index contributed by atoms with van der Waals surface area (Å²) in [5, 5.41) is 0. The predicted molar refractivity (Wildman–Crippen MR) is 64.8 cm³/mol. The summed E-state index contributed by atoms with van der Waals surface area (Å²) in [6.45, 7) is 0. The van der Waals surface area contributed by atoms with E-state index < -0.39 is 12.1 Å². The maximum absolute atomic E-state index is 11.9. The Morgan fingerprint density at radius 2 is 1.83 bits per heavy atom. The SMILES string of the molecule is COc1cccc(C(=O)CC(=O)C(OC)OC)c1. The van der Waals surface area contributed by atoms with E-state index in [0.717, 1.165) is 0 Å². The Kier molecular flexibility index (Phi) is 5.48. The minimum Gasteiger partial charge on any atom is -0.497 e. The molecule has 0 aliphatic carbocycles. The van der Waals surface area contributed by atoms with Gasteiger partial charge in [-0.2, -0.15) is 0 Å². The second-order valence-corrected chi connectivity index (χ2v) is 3.60. The Bertz CT molecular complexity index is 423. The van der Waals surface area contributed by atoms with Crippen molar-refractivity contribution in [2.75, 3.05) is 21.3 Å². The molecule has 1 rings (SSSR count). The standard InChI is InChI=1S/C13H16O5/c1-16-10-6-4-5-9(7-10)11(14)8-12(15)13(17-2)18-3/h4-7,13H,8H2,1-3H3. The molecule has 18 heavy (non-hydrogen) atoms. The minimum atomic E-state index is -1.00. The molecule has 0 unspecified atom stereocenters. The fourth-order valence-electron chi connectivity index (χ4n) is 1.50. The second kappa shape index (κ2) is 6.88. The summed E-state index contributed by atoms with van der Waals surface area (Å²) in [4.78, 5) is 23.5. The van der Waals surface area contributed by atoms with E-state index in [9.17, 15) is 9.59 Å². The monoisotopic (exact) mass is 252 g/mol. The molecule has 0 spiro atoms. The zero-order valence-corrected chi connectivity index (χ0v) is 10.6. The highest BCUT2D eigenvalue weighted by molar-refractivity contribution is 6.09. The van der Waals surface area contributed by atoms with Gasteiger partial charge in [-0.25, -0.2) is 0 Å². The number of rotatable bonds is 7. The van der Waals surface area contributed by atoms with Crippen LogP contribution in [0.5, 0.6) is 5.75 Å². The van der Waals surface area contributed by atoms with Gasteiger partial charge in [0.25, 0.3) is 0 Å². The van der Waals surface area contributed by atoms with Crippen LogP contribution < -0.4 is 4.74 Å². The largest absolute Gasteiger partial charge is 0.497 e. The summed E-state index contributed by atoms with van der Waals surface area (Å²) >= 11 is 0. The molecule has 0 aliphatic rings. The lowest BCUT2D eigenvalue weighted by Gasteiger charge is -2.11. The van der Waals surface area contributed by atoms with Crippen LogP contribution in [-0.4, -0.2) is 39.2 Å². The van der Waals surface area contributed by atoms with Gasteiger partial charge >= 0.3 is 0 Å². The highest BCUT2D eigenvalue weighted by Crippen LogP contribution is 2.14. The first-order valence-electron chi connectivity index (χ1n) is 5.38. The molecule has 0 radical (unpaired) electrons. The second-order valence-electron chi connectivity index (χ2n) is 3.60. The van der Waals surface area contributed by atoms with Crippen LogP contribution in [0, 0.1) is 0 Å². The maximum Gasteiger partial charge on any atom is 0.217 e. The van der Waals surface area contributed by atoms with E-state index in [1.165, 1.54) is 21.3 Å². The van der Waals surface area contributed by atoms with E-state index in [4.69, 9.17) is 14.2 Å². The summed E-state index contributed by atoms with van der Waals surface area (Å²) in [7, 11) is 4.21. The van der Waals surface area contributed by atoms with Gasteiger partial charge in [-0.1, -0.05) is 12.1 Å². The molecule has 5 heteroatoms. The van der Waals surface area contributed by atoms with Crippen LogP contribution in [0.4, 0.5) is 0 Å². The van der Waals surface area contributed by atoms with E-state index in [2.05, 4.69) is 0 Å². The quantitative estimate of drug-likeness (QED) is 0.417. The number of hydrogen-bond donors (Lipinski definition) is 0. The smallest absolute Gasteiger partial charge is 0.217 e. The van der Waals surface area contributed by atoms with E-state index in [-0.39, 0.29) is 12.2 Å². The van der Waals surface area contributed by atoms with Crippen molar-refractivity contribution in [3.8, 4) is 5.75 Å². The highest BCUT2D eigenvalue weighted by atomic mass is 16.7. The fourth-order valence-corrected chi connectivity index (χ4v) is 1.50. The molecule has 0 amide bonds. The molecular formula is C13H16O5. The first-order valence-corrected chi connectivity index (χ1v) is 5.38. The molecule has 0 N–H and O–H groups in total. The van der Waals surface area contributed by atoms with Crippen molar-refractivity contribution in [3.05, 3.63) is 29.8 Å². The van der Waals surface area contributed by atoms with Gasteiger partial charge in [0.2, 0.25) is 6.29 Å². The third kappa shape index (κ3) is 3.65. The molecule has 0 saturated carbocycles. The average molecular weight is 252 g/mol. The number of Topliss-reactive ketones (excluding diaryl/α,β-unsaturated/α-hetero) is 2. The van der Waals surface area contributed by atoms with Crippen LogP contribution >= 0.6 is 0 Å². The number of benzene rings is 1. The molecule has 0 atom stereocenters. The molecule has 98 valence electrons. The van der Waals surface area contributed by atoms with Gasteiger partial charge in [0.05, 0.1) is 13.5 Å². The number of carbonyl (C=O) groups is 2. The first kappa shape index (κ1) is 14.3. The van der Waals surface area contributed by atoms with Crippen LogP contribution in [0.15, 0.2) is 24.3 Å². The van der Waals surface area contributed by atoms with Gasteiger partial charge in [0.15, 0.2) is 11.6 Å². The molecule has 0 saturated heterocycles.